The van der Waals surface area contributed by atoms with Crippen molar-refractivity contribution in [3.8, 4) is 22.5 Å². The highest BCUT2D eigenvalue weighted by Gasteiger charge is 2.20. The van der Waals surface area contributed by atoms with Crippen LogP contribution < -0.4 is 5.73 Å². The van der Waals surface area contributed by atoms with E-state index in [-0.39, 0.29) is 10.8 Å². The number of nitrogens with two attached hydrogens (primary N) is 1. The molecule has 0 spiro atoms. The molecule has 2 aromatic heterocycles. The van der Waals surface area contributed by atoms with Gasteiger partial charge in [-0.25, -0.2) is 4.39 Å². The molecule has 0 saturated heterocycles. The van der Waals surface area contributed by atoms with Crippen molar-refractivity contribution in [2.24, 2.45) is 0 Å². The average molecular weight is 291 g/mol. The number of hydrogen-bond acceptors (Lipinski definition) is 5. The minimum absolute atomic E-state index is 0.172. The molecule has 2 heterocycles. The van der Waals surface area contributed by atoms with Gasteiger partial charge in [0.1, 0.15) is 5.82 Å². The number of aromatic nitrogens is 3. The quantitative estimate of drug-likeness (QED) is 0.784. The van der Waals surface area contributed by atoms with E-state index >= 15 is 0 Å². The molecule has 0 bridgehead atoms. The lowest BCUT2D eigenvalue weighted by Crippen LogP contribution is -1.91. The molecule has 100 valence electrons. The van der Waals surface area contributed by atoms with Crippen LogP contribution in [-0.4, -0.2) is 15.4 Å². The largest absolute Gasteiger partial charge is 0.380 e. The third-order valence-corrected chi connectivity index (χ3v) is 3.08. The number of nitrogens with zero attached hydrogens (tertiary/aromatic N) is 3. The van der Waals surface area contributed by atoms with Crippen LogP contribution in [0.2, 0.25) is 5.02 Å². The van der Waals surface area contributed by atoms with E-state index in [1.165, 1.54) is 30.6 Å². The zero-order valence-corrected chi connectivity index (χ0v) is 10.8. The zero-order chi connectivity index (χ0) is 14.1. The van der Waals surface area contributed by atoms with Gasteiger partial charge in [-0.15, -0.1) is 0 Å². The van der Waals surface area contributed by atoms with Crippen LogP contribution in [0.4, 0.5) is 10.2 Å². The van der Waals surface area contributed by atoms with Gasteiger partial charge in [0.05, 0.1) is 23.0 Å². The SMILES string of the molecule is Nc1noc(-c2ccnnc2)c1-c1ccc(F)cc1Cl. The average Bonchev–Trinajstić information content (AvgIpc) is 2.82. The second-order valence-electron chi connectivity index (χ2n) is 4.03. The lowest BCUT2D eigenvalue weighted by Gasteiger charge is -2.05. The summed E-state index contributed by atoms with van der Waals surface area (Å²) in [7, 11) is 0. The maximum absolute atomic E-state index is 13.1. The van der Waals surface area contributed by atoms with Crippen molar-refractivity contribution < 1.29 is 8.91 Å². The minimum Gasteiger partial charge on any atom is -0.380 e. The molecule has 0 atom stereocenters. The highest BCUT2D eigenvalue weighted by molar-refractivity contribution is 6.33. The van der Waals surface area contributed by atoms with Crippen molar-refractivity contribution in [2.75, 3.05) is 5.73 Å². The van der Waals surface area contributed by atoms with Gasteiger partial charge in [-0.1, -0.05) is 16.8 Å². The number of benzene rings is 1. The van der Waals surface area contributed by atoms with Gasteiger partial charge >= 0.3 is 0 Å². The van der Waals surface area contributed by atoms with E-state index in [1.54, 1.807) is 6.07 Å². The molecule has 3 rings (SSSR count). The van der Waals surface area contributed by atoms with E-state index in [9.17, 15) is 4.39 Å². The molecule has 1 aromatic carbocycles. The second-order valence-corrected chi connectivity index (χ2v) is 4.43. The van der Waals surface area contributed by atoms with Gasteiger partial charge in [-0.2, -0.15) is 10.2 Å². The molecule has 3 aromatic rings. The van der Waals surface area contributed by atoms with Gasteiger partial charge in [-0.05, 0) is 24.3 Å². The molecule has 7 heteroatoms. The molecule has 0 fully saturated rings. The van der Waals surface area contributed by atoms with Crippen molar-refractivity contribution in [1.82, 2.24) is 15.4 Å². The Balaban J connectivity index is 2.22. The Hall–Kier alpha value is -2.47. The Morgan fingerprint density at radius 2 is 2.05 bits per heavy atom. The number of anilines is 1. The number of halogens is 2. The molecule has 2 N–H and O–H groups in total. The monoisotopic (exact) mass is 290 g/mol. The topological polar surface area (TPSA) is 77.8 Å². The molecule has 0 amide bonds. The molecular formula is C13H8ClFN4O. The van der Waals surface area contributed by atoms with Crippen molar-refractivity contribution in [3.05, 3.63) is 47.5 Å². The van der Waals surface area contributed by atoms with E-state index in [1.807, 2.05) is 0 Å². The second kappa shape index (κ2) is 4.90. The lowest BCUT2D eigenvalue weighted by atomic mass is 10.0. The fourth-order valence-electron chi connectivity index (χ4n) is 1.88. The third-order valence-electron chi connectivity index (χ3n) is 2.77. The number of rotatable bonds is 2. The first-order valence-corrected chi connectivity index (χ1v) is 6.02. The standard InChI is InChI=1S/C13H8ClFN4O/c14-10-5-8(15)1-2-9(10)11-12(20-19-13(11)16)7-3-4-17-18-6-7/h1-6H,(H2,16,19). The Morgan fingerprint density at radius 3 is 2.75 bits per heavy atom. The summed E-state index contributed by atoms with van der Waals surface area (Å²) in [4.78, 5) is 0. The van der Waals surface area contributed by atoms with Crippen LogP contribution in [0.25, 0.3) is 22.5 Å². The van der Waals surface area contributed by atoms with E-state index in [2.05, 4.69) is 15.4 Å². The van der Waals surface area contributed by atoms with Gasteiger partial charge in [0.15, 0.2) is 11.6 Å². The Morgan fingerprint density at radius 1 is 1.20 bits per heavy atom. The molecular weight excluding hydrogens is 283 g/mol. The fourth-order valence-corrected chi connectivity index (χ4v) is 2.14. The Labute approximate surface area is 118 Å². The van der Waals surface area contributed by atoms with Gasteiger partial charge in [-0.3, -0.25) is 0 Å². The summed E-state index contributed by atoms with van der Waals surface area (Å²) >= 11 is 6.06. The summed E-state index contributed by atoms with van der Waals surface area (Å²) in [5.74, 6) is 0.150. The lowest BCUT2D eigenvalue weighted by molar-refractivity contribution is 0.436. The fraction of sp³-hybridized carbons (Fsp3) is 0. The highest BCUT2D eigenvalue weighted by atomic mass is 35.5. The van der Waals surface area contributed by atoms with E-state index < -0.39 is 5.82 Å². The Bertz CT molecular complexity index is 760. The maximum atomic E-state index is 13.1. The molecule has 0 unspecified atom stereocenters. The van der Waals surface area contributed by atoms with Crippen LogP contribution in [0.3, 0.4) is 0 Å². The van der Waals surface area contributed by atoms with Crippen LogP contribution in [0, 0.1) is 5.82 Å². The summed E-state index contributed by atoms with van der Waals surface area (Å²) in [6.45, 7) is 0. The van der Waals surface area contributed by atoms with Gasteiger partial charge in [0.2, 0.25) is 0 Å². The molecule has 0 aliphatic heterocycles. The van der Waals surface area contributed by atoms with Gasteiger partial charge < -0.3 is 10.3 Å². The maximum Gasteiger partial charge on any atom is 0.178 e. The summed E-state index contributed by atoms with van der Waals surface area (Å²) in [6, 6.07) is 5.73. The van der Waals surface area contributed by atoms with Crippen LogP contribution in [0.15, 0.2) is 41.2 Å². The predicted molar refractivity (Wildman–Crippen MR) is 72.3 cm³/mol. The summed E-state index contributed by atoms with van der Waals surface area (Å²) < 4.78 is 18.4. The normalized spacial score (nSPS) is 10.7. The van der Waals surface area contributed by atoms with Crippen LogP contribution in [-0.2, 0) is 0 Å². The van der Waals surface area contributed by atoms with Crippen molar-refractivity contribution in [1.29, 1.82) is 0 Å². The number of nitrogen functional groups attached to an aromatic ring is 1. The summed E-state index contributed by atoms with van der Waals surface area (Å²) in [6.07, 6.45) is 3.03. The first kappa shape index (κ1) is 12.6. The molecule has 0 radical (unpaired) electrons. The third kappa shape index (κ3) is 2.10. The van der Waals surface area contributed by atoms with Gasteiger partial charge in [0, 0.05) is 11.1 Å². The first-order chi connectivity index (χ1) is 9.66. The minimum atomic E-state index is -0.430. The van der Waals surface area contributed by atoms with Crippen LogP contribution in [0.5, 0.6) is 0 Å². The summed E-state index contributed by atoms with van der Waals surface area (Å²) in [5, 5.41) is 11.4. The molecule has 0 aliphatic rings. The van der Waals surface area contributed by atoms with E-state index in [0.717, 1.165) is 0 Å². The first-order valence-electron chi connectivity index (χ1n) is 5.64. The summed E-state index contributed by atoms with van der Waals surface area (Å²) in [5.41, 5.74) is 7.52. The van der Waals surface area contributed by atoms with Crippen molar-refractivity contribution >= 4 is 17.4 Å². The van der Waals surface area contributed by atoms with Crippen LogP contribution in [0.1, 0.15) is 0 Å². The zero-order valence-electron chi connectivity index (χ0n) is 10.0. The molecule has 0 saturated carbocycles. The predicted octanol–water partition coefficient (Wildman–Crippen LogP) is 3.17. The smallest absolute Gasteiger partial charge is 0.178 e. The van der Waals surface area contributed by atoms with Crippen molar-refractivity contribution in [3.63, 3.8) is 0 Å². The highest BCUT2D eigenvalue weighted by Crippen LogP contribution is 2.39. The molecule has 20 heavy (non-hydrogen) atoms. The Kier molecular flexibility index (Phi) is 3.08. The van der Waals surface area contributed by atoms with Crippen molar-refractivity contribution in [2.45, 2.75) is 0 Å². The van der Waals surface area contributed by atoms with E-state index in [0.29, 0.717) is 22.5 Å². The van der Waals surface area contributed by atoms with Gasteiger partial charge in [0.25, 0.3) is 0 Å². The van der Waals surface area contributed by atoms with Crippen LogP contribution >= 0.6 is 11.6 Å². The van der Waals surface area contributed by atoms with E-state index in [4.69, 9.17) is 21.9 Å². The molecule has 0 aliphatic carbocycles. The number of hydrogen-bond donors (Lipinski definition) is 1. The molecule has 5 nitrogen and oxygen atoms in total.